The summed E-state index contributed by atoms with van der Waals surface area (Å²) < 4.78 is 1.58. The second kappa shape index (κ2) is 9.46. The summed E-state index contributed by atoms with van der Waals surface area (Å²) in [6.45, 7) is 11.8. The minimum Gasteiger partial charge on any atom is -0.351 e. The molecule has 7 nitrogen and oxygen atoms in total. The molecule has 3 rings (SSSR count). The largest absolute Gasteiger partial charge is 0.351 e. The first kappa shape index (κ1) is 24.0. The SMILES string of the molecule is CCc1c(C)sc2nc(SC(C(=O)NC(N)=O)C(C)C)n(-c3ccc(C)c(C)c3)c(=O)c12. The summed E-state index contributed by atoms with van der Waals surface area (Å²) in [7, 11) is 0. The molecule has 1 unspecified atom stereocenters. The summed E-state index contributed by atoms with van der Waals surface area (Å²) in [5, 5.41) is 2.54. The van der Waals surface area contributed by atoms with Gasteiger partial charge in [0.05, 0.1) is 16.3 Å². The maximum Gasteiger partial charge on any atom is 0.318 e. The fourth-order valence-corrected chi connectivity index (χ4v) is 5.86. The molecule has 0 saturated heterocycles. The molecule has 9 heteroatoms. The van der Waals surface area contributed by atoms with Crippen LogP contribution in [0.2, 0.25) is 0 Å². The van der Waals surface area contributed by atoms with Gasteiger partial charge in [-0.1, -0.05) is 38.6 Å². The number of nitrogens with zero attached hydrogens (tertiary/aromatic N) is 2. The molecule has 0 bridgehead atoms. The zero-order chi connectivity index (χ0) is 23.7. The molecule has 0 aliphatic carbocycles. The third-order valence-electron chi connectivity index (χ3n) is 5.44. The fourth-order valence-electron chi connectivity index (χ4n) is 3.59. The maximum absolute atomic E-state index is 13.8. The van der Waals surface area contributed by atoms with E-state index in [1.807, 2.05) is 59.7 Å². The number of benzene rings is 1. The number of aryl methyl sites for hydroxylation is 4. The Hall–Kier alpha value is -2.65. The number of aromatic nitrogens is 2. The lowest BCUT2D eigenvalue weighted by atomic mass is 10.1. The third-order valence-corrected chi connectivity index (χ3v) is 7.98. The van der Waals surface area contributed by atoms with E-state index in [0.717, 1.165) is 28.0 Å². The first-order valence-electron chi connectivity index (χ1n) is 10.4. The van der Waals surface area contributed by atoms with Gasteiger partial charge in [-0.3, -0.25) is 19.5 Å². The number of nitrogens with two attached hydrogens (primary N) is 1. The fraction of sp³-hybridized carbons (Fsp3) is 0.391. The van der Waals surface area contributed by atoms with Gasteiger partial charge in [0.2, 0.25) is 5.91 Å². The molecule has 3 N–H and O–H groups in total. The molecule has 170 valence electrons. The van der Waals surface area contributed by atoms with Crippen molar-refractivity contribution < 1.29 is 9.59 Å². The standard InChI is InChI=1S/C23H28N4O3S2/c1-7-16-14(6)31-20-17(16)21(29)27(15-9-8-12(4)13(5)10-15)23(26-20)32-18(11(2)3)19(28)25-22(24)30/h8-11,18H,7H2,1-6H3,(H3,24,25,28,30). The Morgan fingerprint density at radius 2 is 1.91 bits per heavy atom. The number of rotatable bonds is 6. The van der Waals surface area contributed by atoms with Crippen molar-refractivity contribution in [2.24, 2.45) is 11.7 Å². The molecule has 3 aromatic rings. The molecule has 2 aromatic heterocycles. The van der Waals surface area contributed by atoms with Crippen LogP contribution in [0.25, 0.3) is 15.9 Å². The van der Waals surface area contributed by atoms with Gasteiger partial charge >= 0.3 is 6.03 Å². The highest BCUT2D eigenvalue weighted by Crippen LogP contribution is 2.33. The van der Waals surface area contributed by atoms with Crippen molar-refractivity contribution in [3.8, 4) is 5.69 Å². The number of thioether (sulfide) groups is 1. The van der Waals surface area contributed by atoms with Crippen molar-refractivity contribution in [2.75, 3.05) is 0 Å². The number of hydrogen-bond donors (Lipinski definition) is 2. The number of primary amides is 1. The Bertz CT molecular complexity index is 1260. The van der Waals surface area contributed by atoms with Crippen molar-refractivity contribution in [1.82, 2.24) is 14.9 Å². The number of thiophene rings is 1. The molecule has 0 spiro atoms. The number of hydrogen-bond acceptors (Lipinski definition) is 6. The zero-order valence-corrected chi connectivity index (χ0v) is 20.7. The van der Waals surface area contributed by atoms with Crippen LogP contribution in [0, 0.1) is 26.7 Å². The quantitative estimate of drug-likeness (QED) is 0.412. The molecular weight excluding hydrogens is 444 g/mol. The highest BCUT2D eigenvalue weighted by atomic mass is 32.2. The van der Waals surface area contributed by atoms with E-state index in [0.29, 0.717) is 21.1 Å². The van der Waals surface area contributed by atoms with Gasteiger partial charge in [-0.05, 0) is 61.9 Å². The van der Waals surface area contributed by atoms with Crippen LogP contribution < -0.4 is 16.6 Å². The van der Waals surface area contributed by atoms with Crippen molar-refractivity contribution in [2.45, 2.75) is 58.4 Å². The lowest BCUT2D eigenvalue weighted by molar-refractivity contribution is -0.120. The Kier molecular flexibility index (Phi) is 7.09. The summed E-state index contributed by atoms with van der Waals surface area (Å²) in [5.41, 5.74) is 8.87. The number of carbonyl (C=O) groups is 2. The molecular formula is C23H28N4O3S2. The van der Waals surface area contributed by atoms with Gasteiger partial charge in [-0.25, -0.2) is 9.78 Å². The lowest BCUT2D eigenvalue weighted by Crippen LogP contribution is -2.42. The van der Waals surface area contributed by atoms with E-state index in [-0.39, 0.29) is 11.5 Å². The van der Waals surface area contributed by atoms with Crippen LogP contribution in [0.5, 0.6) is 0 Å². The zero-order valence-electron chi connectivity index (χ0n) is 19.1. The summed E-state index contributed by atoms with van der Waals surface area (Å²) >= 11 is 2.65. The average molecular weight is 473 g/mol. The van der Waals surface area contributed by atoms with E-state index in [2.05, 4.69) is 5.32 Å². The van der Waals surface area contributed by atoms with E-state index in [1.54, 1.807) is 4.57 Å². The van der Waals surface area contributed by atoms with Gasteiger partial charge in [0, 0.05) is 4.88 Å². The topological polar surface area (TPSA) is 107 Å². The van der Waals surface area contributed by atoms with Gasteiger partial charge in [-0.2, -0.15) is 0 Å². The van der Waals surface area contributed by atoms with Gasteiger partial charge in [0.15, 0.2) is 5.16 Å². The molecule has 1 atom stereocenters. The number of nitrogens with one attached hydrogen (secondary N) is 1. The summed E-state index contributed by atoms with van der Waals surface area (Å²) in [4.78, 5) is 44.2. The highest BCUT2D eigenvalue weighted by molar-refractivity contribution is 8.00. The van der Waals surface area contributed by atoms with Crippen LogP contribution in [0.3, 0.4) is 0 Å². The van der Waals surface area contributed by atoms with Crippen molar-refractivity contribution >= 4 is 45.3 Å². The molecule has 3 amide bonds. The predicted molar refractivity (Wildman–Crippen MR) is 131 cm³/mol. The number of amides is 3. The molecule has 1 aromatic carbocycles. The van der Waals surface area contributed by atoms with Crippen molar-refractivity contribution in [3.05, 3.63) is 50.1 Å². The average Bonchev–Trinajstić information content (AvgIpc) is 3.02. The van der Waals surface area contributed by atoms with E-state index < -0.39 is 17.2 Å². The maximum atomic E-state index is 13.8. The van der Waals surface area contributed by atoms with Crippen molar-refractivity contribution in [1.29, 1.82) is 0 Å². The van der Waals surface area contributed by atoms with Gasteiger partial charge in [0.25, 0.3) is 5.56 Å². The van der Waals surface area contributed by atoms with E-state index in [1.165, 1.54) is 23.1 Å². The predicted octanol–water partition coefficient (Wildman–Crippen LogP) is 4.25. The van der Waals surface area contributed by atoms with Crippen molar-refractivity contribution in [3.63, 3.8) is 0 Å². The van der Waals surface area contributed by atoms with Crippen LogP contribution in [-0.4, -0.2) is 26.7 Å². The minimum absolute atomic E-state index is 0.128. The van der Waals surface area contributed by atoms with Crippen LogP contribution >= 0.6 is 23.1 Å². The van der Waals surface area contributed by atoms with Gasteiger partial charge in [-0.15, -0.1) is 11.3 Å². The van der Waals surface area contributed by atoms with Crippen LogP contribution in [-0.2, 0) is 11.2 Å². The first-order valence-corrected chi connectivity index (χ1v) is 12.1. The Labute approximate surface area is 195 Å². The highest BCUT2D eigenvalue weighted by Gasteiger charge is 2.28. The monoisotopic (exact) mass is 472 g/mol. The Morgan fingerprint density at radius 1 is 1.22 bits per heavy atom. The van der Waals surface area contributed by atoms with Crippen LogP contribution in [0.1, 0.15) is 42.3 Å². The van der Waals surface area contributed by atoms with Crippen LogP contribution in [0.4, 0.5) is 4.79 Å². The number of imide groups is 1. The Balaban J connectivity index is 2.28. The smallest absolute Gasteiger partial charge is 0.318 e. The molecule has 0 fully saturated rings. The third kappa shape index (κ3) is 4.59. The van der Waals surface area contributed by atoms with Gasteiger partial charge in [0.1, 0.15) is 4.83 Å². The first-order chi connectivity index (χ1) is 15.0. The van der Waals surface area contributed by atoms with E-state index in [4.69, 9.17) is 10.7 Å². The molecule has 0 aliphatic heterocycles. The minimum atomic E-state index is -0.905. The van der Waals surface area contributed by atoms with E-state index >= 15 is 0 Å². The molecule has 32 heavy (non-hydrogen) atoms. The number of carbonyl (C=O) groups excluding carboxylic acids is 2. The Morgan fingerprint density at radius 3 is 2.47 bits per heavy atom. The normalized spacial score (nSPS) is 12.3. The second-order valence-corrected chi connectivity index (χ2v) is 10.4. The summed E-state index contributed by atoms with van der Waals surface area (Å²) in [5.74, 6) is -0.633. The molecule has 2 heterocycles. The number of fused-ring (bicyclic) bond motifs is 1. The lowest BCUT2D eigenvalue weighted by Gasteiger charge is -2.21. The van der Waals surface area contributed by atoms with E-state index in [9.17, 15) is 14.4 Å². The van der Waals surface area contributed by atoms with Crippen LogP contribution in [0.15, 0.2) is 28.2 Å². The number of urea groups is 1. The summed E-state index contributed by atoms with van der Waals surface area (Å²) in [6, 6.07) is 4.90. The summed E-state index contributed by atoms with van der Waals surface area (Å²) in [6.07, 6.45) is 0.734. The van der Waals surface area contributed by atoms with Gasteiger partial charge < -0.3 is 5.73 Å². The molecule has 0 saturated carbocycles. The molecule has 0 aliphatic rings. The second-order valence-electron chi connectivity index (χ2n) is 8.11. The molecule has 0 radical (unpaired) electrons.